The van der Waals surface area contributed by atoms with Gasteiger partial charge < -0.3 is 0 Å². The first-order valence-corrected chi connectivity index (χ1v) is 5.56. The van der Waals surface area contributed by atoms with E-state index >= 15 is 0 Å². The van der Waals surface area contributed by atoms with Gasteiger partial charge in [0.05, 0.1) is 0 Å². The lowest BCUT2D eigenvalue weighted by Gasteiger charge is -2.01. The van der Waals surface area contributed by atoms with Crippen LogP contribution in [0.25, 0.3) is 0 Å². The lowest BCUT2D eigenvalue weighted by atomic mass is 10.2. The number of hydrogen-bond acceptors (Lipinski definition) is 2. The minimum atomic E-state index is -4.07. The molecule has 1 aromatic rings. The Hall–Kier alpha value is -0.290. The highest BCUT2D eigenvalue weighted by atomic mass is 35.5. The molecule has 71 valence electrons. The zero-order chi connectivity index (χ0) is 10.1. The maximum absolute atomic E-state index is 10.5. The fourth-order valence-electron chi connectivity index (χ4n) is 0.796. The second-order valence-corrected chi connectivity index (χ2v) is 4.65. The summed E-state index contributed by atoms with van der Waals surface area (Å²) in [5, 5.41) is 0.463. The van der Waals surface area contributed by atoms with Crippen molar-refractivity contribution >= 4 is 33.3 Å². The third kappa shape index (κ3) is 3.52. The van der Waals surface area contributed by atoms with Gasteiger partial charge in [0.15, 0.2) is 0 Å². The van der Waals surface area contributed by atoms with Crippen LogP contribution in [0.3, 0.4) is 0 Å². The van der Waals surface area contributed by atoms with E-state index in [9.17, 15) is 8.42 Å². The molecule has 13 heavy (non-hydrogen) atoms. The molecule has 1 aromatic carbocycles. The number of halogens is 2. The highest BCUT2D eigenvalue weighted by Gasteiger charge is 2.10. The summed E-state index contributed by atoms with van der Waals surface area (Å²) in [5.41, 5.74) is 0.257. The summed E-state index contributed by atoms with van der Waals surface area (Å²) in [7, 11) is -4.07. The smallest absolute Gasteiger partial charge is 0.269 e. The number of hydrogen-bond donors (Lipinski definition) is 1. The molecule has 0 saturated carbocycles. The lowest BCUT2D eigenvalue weighted by molar-refractivity contribution is 0.482. The molecule has 0 bridgehead atoms. The van der Waals surface area contributed by atoms with Crippen molar-refractivity contribution in [3.05, 3.63) is 33.8 Å². The van der Waals surface area contributed by atoms with E-state index < -0.39 is 15.9 Å². The molecule has 6 heteroatoms. The fraction of sp³-hybridized carbons (Fsp3) is 0.143. The Labute approximate surface area is 86.0 Å². The molecule has 0 aromatic heterocycles. The van der Waals surface area contributed by atoms with Crippen molar-refractivity contribution in [2.75, 3.05) is 0 Å². The maximum Gasteiger partial charge on any atom is 0.269 e. The first-order valence-electron chi connectivity index (χ1n) is 3.19. The summed E-state index contributed by atoms with van der Waals surface area (Å²) in [6.45, 7) is 0. The summed E-state index contributed by atoms with van der Waals surface area (Å²) < 4.78 is 29.6. The minimum Gasteiger partial charge on any atom is -0.285 e. The van der Waals surface area contributed by atoms with E-state index in [-0.39, 0.29) is 15.6 Å². The van der Waals surface area contributed by atoms with Gasteiger partial charge >= 0.3 is 0 Å². The van der Waals surface area contributed by atoms with Gasteiger partial charge in [0.1, 0.15) is 5.75 Å². The zero-order valence-corrected chi connectivity index (χ0v) is 8.62. The van der Waals surface area contributed by atoms with Gasteiger partial charge in [0, 0.05) is 16.1 Å². The van der Waals surface area contributed by atoms with Crippen molar-refractivity contribution in [3.63, 3.8) is 0 Å². The predicted octanol–water partition coefficient (Wildman–Crippen LogP) is 2.18. The third-order valence-electron chi connectivity index (χ3n) is 1.28. The molecule has 1 rings (SSSR count). The Morgan fingerprint density at radius 3 is 2.62 bits per heavy atom. The highest BCUT2D eigenvalue weighted by molar-refractivity contribution is 7.85. The van der Waals surface area contributed by atoms with E-state index in [4.69, 9.17) is 27.8 Å². The maximum atomic E-state index is 10.5. The Morgan fingerprint density at radius 2 is 2.08 bits per heavy atom. The van der Waals surface area contributed by atoms with Crippen LogP contribution >= 0.6 is 23.2 Å². The molecule has 3 nitrogen and oxygen atoms in total. The summed E-state index contributed by atoms with van der Waals surface area (Å²) in [4.78, 5) is 0. The van der Waals surface area contributed by atoms with E-state index in [0.29, 0.717) is 0 Å². The van der Waals surface area contributed by atoms with Crippen LogP contribution in [0.1, 0.15) is 5.56 Å². The molecule has 0 saturated heterocycles. The van der Waals surface area contributed by atoms with Crippen LogP contribution in [-0.2, 0) is 15.9 Å². The highest BCUT2D eigenvalue weighted by Crippen LogP contribution is 2.21. The summed E-state index contributed by atoms with van der Waals surface area (Å²) in [6, 6.07) is 5.28. The number of benzene rings is 1. The monoisotopic (exact) mass is 239 g/mol. The first kappa shape index (κ1) is 10.8. The van der Waals surface area contributed by atoms with Gasteiger partial charge in [-0.3, -0.25) is 4.55 Å². The third-order valence-corrected chi connectivity index (χ3v) is 2.53. The Morgan fingerprint density at radius 1 is 1.46 bits per heavy atom. The van der Waals surface area contributed by atoms with Crippen LogP contribution in [0.5, 0.6) is 0 Å². The van der Waals surface area contributed by atoms with Crippen molar-refractivity contribution in [1.29, 1.82) is 0 Å². The van der Waals surface area contributed by atoms with Gasteiger partial charge in [-0.2, -0.15) is 8.42 Å². The van der Waals surface area contributed by atoms with E-state index in [0.717, 1.165) is 0 Å². The fourth-order valence-corrected chi connectivity index (χ4v) is 1.87. The normalized spacial score (nSPS) is 11.6. The van der Waals surface area contributed by atoms with Crippen molar-refractivity contribution < 1.29 is 13.0 Å². The predicted molar refractivity (Wildman–Crippen MR) is 50.6 cm³/mol. The van der Waals surface area contributed by atoms with Gasteiger partial charge in [-0.1, -0.05) is 23.2 Å². The van der Waals surface area contributed by atoms with Crippen molar-refractivity contribution in [3.8, 4) is 0 Å². The van der Waals surface area contributed by atoms with Crippen molar-refractivity contribution in [1.82, 2.24) is 0 Å². The van der Waals surface area contributed by atoms with Gasteiger partial charge in [-0.25, -0.2) is 0 Å². The molecule has 0 amide bonds. The molecule has 0 heterocycles. The Bertz CT molecular complexity index is 414. The summed E-state index contributed by atoms with van der Waals surface area (Å²) in [6.07, 6.45) is 0. The van der Waals surface area contributed by atoms with E-state index in [1.165, 1.54) is 12.1 Å². The van der Waals surface area contributed by atoms with E-state index in [1.807, 2.05) is 0 Å². The summed E-state index contributed by atoms with van der Waals surface area (Å²) in [5.74, 6) is -0.541. The van der Waals surface area contributed by atoms with Gasteiger partial charge in [-0.15, -0.1) is 0 Å². The summed E-state index contributed by atoms with van der Waals surface area (Å²) >= 11 is 11.2. The lowest BCUT2D eigenvalue weighted by Crippen LogP contribution is -2.01. The van der Waals surface area contributed by atoms with Crippen LogP contribution in [0.4, 0.5) is 0 Å². The van der Waals surface area contributed by atoms with E-state index in [1.54, 1.807) is 0 Å². The van der Waals surface area contributed by atoms with Crippen LogP contribution < -0.4 is 0 Å². The average Bonchev–Trinajstić information content (AvgIpc) is 1.94. The number of rotatable bonds is 2. The second-order valence-electron chi connectivity index (χ2n) is 2.38. The van der Waals surface area contributed by atoms with Crippen LogP contribution in [0.2, 0.25) is 10.0 Å². The van der Waals surface area contributed by atoms with Gasteiger partial charge in [0.25, 0.3) is 10.1 Å². The molecule has 0 aliphatic rings. The molecular weight excluding hydrogens is 235 g/mol. The molecule has 0 aliphatic heterocycles. The molecule has 0 aliphatic carbocycles. The van der Waals surface area contributed by atoms with Gasteiger partial charge in [0.2, 0.25) is 0 Å². The molecule has 0 spiro atoms. The van der Waals surface area contributed by atoms with Crippen LogP contribution in [-0.4, -0.2) is 13.0 Å². The standard InChI is InChI=1S/C7H5Cl2O3S/c8-6-1-2-7(9)5(3-6)4-13(10,11)12/h2-3H,4H2,(H,10,11,12). The Balaban J connectivity index is 3.08. The molecule has 1 N–H and O–H groups in total. The molecule has 0 unspecified atom stereocenters. The molecule has 0 fully saturated rings. The molecule has 0 atom stereocenters. The largest absolute Gasteiger partial charge is 0.285 e. The van der Waals surface area contributed by atoms with Crippen molar-refractivity contribution in [2.24, 2.45) is 0 Å². The molecular formula is C7H5Cl2O3S. The van der Waals surface area contributed by atoms with Crippen LogP contribution in [0, 0.1) is 6.07 Å². The minimum absolute atomic E-state index is 0.210. The molecule has 1 radical (unpaired) electrons. The van der Waals surface area contributed by atoms with Gasteiger partial charge in [-0.05, 0) is 17.7 Å². The van der Waals surface area contributed by atoms with Crippen LogP contribution in [0.15, 0.2) is 12.1 Å². The first-order chi connectivity index (χ1) is 5.88. The topological polar surface area (TPSA) is 54.4 Å². The SMILES string of the molecule is O=S(=O)(O)Cc1cc(Cl)[c]cc1Cl. The average molecular weight is 240 g/mol. The zero-order valence-electron chi connectivity index (χ0n) is 6.29. The second kappa shape index (κ2) is 3.84. The Kier molecular flexibility index (Phi) is 3.18. The van der Waals surface area contributed by atoms with E-state index in [2.05, 4.69) is 6.07 Å². The quantitative estimate of drug-likeness (QED) is 0.806. The van der Waals surface area contributed by atoms with Crippen molar-refractivity contribution in [2.45, 2.75) is 5.75 Å².